The monoisotopic (exact) mass is 360 g/mol. The Morgan fingerprint density at radius 1 is 1.24 bits per heavy atom. The minimum Gasteiger partial charge on any atom is -0.289 e. The lowest BCUT2D eigenvalue weighted by Crippen LogP contribution is -2.04. The number of ketones is 1. The van der Waals surface area contributed by atoms with Gasteiger partial charge in [-0.05, 0) is 60.7 Å². The van der Waals surface area contributed by atoms with E-state index in [0.717, 1.165) is 15.3 Å². The SMILES string of the molecule is Cc1cc(C(=O)c2ccc(F)cc2I)c(C)s1. The van der Waals surface area contributed by atoms with Gasteiger partial charge in [0.05, 0.1) is 0 Å². The van der Waals surface area contributed by atoms with Gasteiger partial charge < -0.3 is 0 Å². The third-order valence-electron chi connectivity index (χ3n) is 2.46. The summed E-state index contributed by atoms with van der Waals surface area (Å²) >= 11 is 3.59. The zero-order valence-electron chi connectivity index (χ0n) is 9.38. The first kappa shape index (κ1) is 12.7. The Labute approximate surface area is 117 Å². The van der Waals surface area contributed by atoms with Gasteiger partial charge in [0.15, 0.2) is 5.78 Å². The normalized spacial score (nSPS) is 10.6. The highest BCUT2D eigenvalue weighted by Crippen LogP contribution is 2.25. The van der Waals surface area contributed by atoms with Crippen molar-refractivity contribution in [1.82, 2.24) is 0 Å². The molecule has 0 fully saturated rings. The molecule has 0 aliphatic heterocycles. The van der Waals surface area contributed by atoms with E-state index < -0.39 is 0 Å². The molecule has 2 rings (SSSR count). The highest BCUT2D eigenvalue weighted by atomic mass is 127. The van der Waals surface area contributed by atoms with Crippen LogP contribution in [0.5, 0.6) is 0 Å². The third-order valence-corrected chi connectivity index (χ3v) is 4.32. The van der Waals surface area contributed by atoms with Crippen molar-refractivity contribution in [3.63, 3.8) is 0 Å². The lowest BCUT2D eigenvalue weighted by molar-refractivity contribution is 0.103. The molecule has 0 radical (unpaired) electrons. The molecule has 0 spiro atoms. The van der Waals surface area contributed by atoms with Gasteiger partial charge in [-0.25, -0.2) is 4.39 Å². The average Bonchev–Trinajstić information content (AvgIpc) is 2.57. The molecule has 1 aromatic heterocycles. The summed E-state index contributed by atoms with van der Waals surface area (Å²) in [6.45, 7) is 3.91. The maximum atomic E-state index is 13.0. The lowest BCUT2D eigenvalue weighted by atomic mass is 10.0. The molecule has 4 heteroatoms. The van der Waals surface area contributed by atoms with E-state index in [-0.39, 0.29) is 11.6 Å². The number of carbonyl (C=O) groups excluding carboxylic acids is 1. The van der Waals surface area contributed by atoms with Crippen LogP contribution in [-0.4, -0.2) is 5.78 Å². The third kappa shape index (κ3) is 2.57. The number of benzene rings is 1. The van der Waals surface area contributed by atoms with Crippen molar-refractivity contribution in [3.8, 4) is 0 Å². The van der Waals surface area contributed by atoms with Crippen LogP contribution in [-0.2, 0) is 0 Å². The molecule has 0 bridgehead atoms. The van der Waals surface area contributed by atoms with Crippen molar-refractivity contribution in [2.45, 2.75) is 13.8 Å². The summed E-state index contributed by atoms with van der Waals surface area (Å²) in [5, 5.41) is 0. The summed E-state index contributed by atoms with van der Waals surface area (Å²) < 4.78 is 13.6. The van der Waals surface area contributed by atoms with E-state index in [2.05, 4.69) is 0 Å². The van der Waals surface area contributed by atoms with Crippen molar-refractivity contribution in [1.29, 1.82) is 0 Å². The minimum atomic E-state index is -0.316. The fourth-order valence-corrected chi connectivity index (χ4v) is 3.32. The van der Waals surface area contributed by atoms with Crippen LogP contribution >= 0.6 is 33.9 Å². The Kier molecular flexibility index (Phi) is 3.63. The highest BCUT2D eigenvalue weighted by molar-refractivity contribution is 14.1. The summed E-state index contributed by atoms with van der Waals surface area (Å²) in [5.41, 5.74) is 1.28. The largest absolute Gasteiger partial charge is 0.289 e. The van der Waals surface area contributed by atoms with Crippen LogP contribution in [0.4, 0.5) is 4.39 Å². The molecule has 0 atom stereocenters. The smallest absolute Gasteiger partial charge is 0.195 e. The number of aryl methyl sites for hydroxylation is 2. The summed E-state index contributed by atoms with van der Waals surface area (Å²) in [5.74, 6) is -0.347. The predicted octanol–water partition coefficient (Wildman–Crippen LogP) is 4.34. The minimum absolute atomic E-state index is 0.0312. The van der Waals surface area contributed by atoms with E-state index in [4.69, 9.17) is 0 Å². The lowest BCUT2D eigenvalue weighted by Gasteiger charge is -2.03. The molecule has 0 N–H and O–H groups in total. The second kappa shape index (κ2) is 4.86. The predicted molar refractivity (Wildman–Crippen MR) is 76.3 cm³/mol. The van der Waals surface area contributed by atoms with Crippen LogP contribution in [0.2, 0.25) is 0 Å². The van der Waals surface area contributed by atoms with Crippen LogP contribution in [0.1, 0.15) is 25.7 Å². The summed E-state index contributed by atoms with van der Waals surface area (Å²) in [6.07, 6.45) is 0. The molecule has 1 heterocycles. The van der Waals surface area contributed by atoms with Crippen molar-refractivity contribution in [2.75, 3.05) is 0 Å². The highest BCUT2D eigenvalue weighted by Gasteiger charge is 2.16. The molecule has 0 saturated carbocycles. The first-order valence-corrected chi connectivity index (χ1v) is 6.95. The molecular formula is C13H10FIOS. The number of halogens is 2. The van der Waals surface area contributed by atoms with Gasteiger partial charge in [0.2, 0.25) is 0 Å². The van der Waals surface area contributed by atoms with Crippen molar-refractivity contribution < 1.29 is 9.18 Å². The van der Waals surface area contributed by atoms with Gasteiger partial charge in [0, 0.05) is 24.5 Å². The van der Waals surface area contributed by atoms with Gasteiger partial charge in [-0.1, -0.05) is 0 Å². The molecule has 17 heavy (non-hydrogen) atoms. The molecule has 0 aliphatic rings. The van der Waals surface area contributed by atoms with Crippen LogP contribution < -0.4 is 0 Å². The topological polar surface area (TPSA) is 17.1 Å². The Hall–Kier alpha value is -0.750. The van der Waals surface area contributed by atoms with E-state index in [1.54, 1.807) is 17.4 Å². The molecule has 0 aliphatic carbocycles. The zero-order chi connectivity index (χ0) is 12.6. The standard InChI is InChI=1S/C13H10FIOS/c1-7-5-11(8(2)17-7)13(16)10-4-3-9(14)6-12(10)15/h3-6H,1-2H3. The van der Waals surface area contributed by atoms with Gasteiger partial charge in [0.25, 0.3) is 0 Å². The Morgan fingerprint density at radius 3 is 2.47 bits per heavy atom. The molecule has 0 amide bonds. The fraction of sp³-hybridized carbons (Fsp3) is 0.154. The average molecular weight is 360 g/mol. The maximum absolute atomic E-state index is 13.0. The number of hydrogen-bond acceptors (Lipinski definition) is 2. The number of thiophene rings is 1. The number of rotatable bonds is 2. The van der Waals surface area contributed by atoms with E-state index in [0.29, 0.717) is 9.13 Å². The Bertz CT molecular complexity index is 589. The number of carbonyl (C=O) groups is 1. The number of hydrogen-bond donors (Lipinski definition) is 0. The van der Waals surface area contributed by atoms with Gasteiger partial charge in [-0.15, -0.1) is 11.3 Å². The van der Waals surface area contributed by atoms with E-state index >= 15 is 0 Å². The quantitative estimate of drug-likeness (QED) is 0.575. The van der Waals surface area contributed by atoms with Crippen LogP contribution in [0.3, 0.4) is 0 Å². The molecular weight excluding hydrogens is 350 g/mol. The second-order valence-corrected chi connectivity index (χ2v) is 6.40. The summed E-state index contributed by atoms with van der Waals surface area (Å²) in [7, 11) is 0. The van der Waals surface area contributed by atoms with Crippen LogP contribution in [0.25, 0.3) is 0 Å². The van der Waals surface area contributed by atoms with Gasteiger partial charge in [0.1, 0.15) is 5.82 Å². The van der Waals surface area contributed by atoms with E-state index in [1.807, 2.05) is 42.5 Å². The zero-order valence-corrected chi connectivity index (χ0v) is 12.4. The molecule has 0 saturated heterocycles. The van der Waals surface area contributed by atoms with E-state index in [1.165, 1.54) is 12.1 Å². The maximum Gasteiger partial charge on any atom is 0.195 e. The van der Waals surface area contributed by atoms with Crippen molar-refractivity contribution >= 4 is 39.7 Å². The summed E-state index contributed by atoms with van der Waals surface area (Å²) in [6, 6.07) is 6.14. The van der Waals surface area contributed by atoms with E-state index in [9.17, 15) is 9.18 Å². The second-order valence-electron chi connectivity index (χ2n) is 3.78. The fourth-order valence-electron chi connectivity index (χ4n) is 1.67. The molecule has 1 nitrogen and oxygen atoms in total. The first-order chi connectivity index (χ1) is 7.99. The van der Waals surface area contributed by atoms with Crippen LogP contribution in [0.15, 0.2) is 24.3 Å². The Balaban J connectivity index is 2.47. The van der Waals surface area contributed by atoms with Gasteiger partial charge >= 0.3 is 0 Å². The van der Waals surface area contributed by atoms with Crippen molar-refractivity contribution in [2.24, 2.45) is 0 Å². The van der Waals surface area contributed by atoms with Gasteiger partial charge in [-0.2, -0.15) is 0 Å². The molecule has 1 aromatic carbocycles. The molecule has 88 valence electrons. The van der Waals surface area contributed by atoms with Crippen molar-refractivity contribution in [3.05, 3.63) is 54.5 Å². The molecule has 0 unspecified atom stereocenters. The van der Waals surface area contributed by atoms with Gasteiger partial charge in [-0.3, -0.25) is 4.79 Å². The molecule has 2 aromatic rings. The Morgan fingerprint density at radius 2 is 1.94 bits per heavy atom. The first-order valence-electron chi connectivity index (χ1n) is 5.06. The van der Waals surface area contributed by atoms with Crippen LogP contribution in [0, 0.1) is 23.2 Å². The summed E-state index contributed by atoms with van der Waals surface area (Å²) in [4.78, 5) is 14.4.